The number of hydrogen-bond donors (Lipinski definition) is 2. The second kappa shape index (κ2) is 9.19. The summed E-state index contributed by atoms with van der Waals surface area (Å²) in [6.07, 6.45) is 0.940. The van der Waals surface area contributed by atoms with Crippen LogP contribution in [0.1, 0.15) is 24.8 Å². The molecule has 0 aliphatic heterocycles. The Bertz CT molecular complexity index is 470. The molecule has 6 heteroatoms. The van der Waals surface area contributed by atoms with Crippen LogP contribution in [0.4, 0.5) is 4.39 Å². The van der Waals surface area contributed by atoms with E-state index >= 15 is 0 Å². The lowest BCUT2D eigenvalue weighted by Crippen LogP contribution is -2.39. The minimum absolute atomic E-state index is 0. The van der Waals surface area contributed by atoms with Crippen molar-refractivity contribution in [2.24, 2.45) is 4.99 Å². The van der Waals surface area contributed by atoms with Crippen LogP contribution in [0.5, 0.6) is 0 Å². The minimum Gasteiger partial charge on any atom is -0.383 e. The zero-order chi connectivity index (χ0) is 14.4. The molecular weight excluding hydrogens is 384 g/mol. The van der Waals surface area contributed by atoms with E-state index in [0.717, 1.165) is 24.5 Å². The first-order valence-corrected chi connectivity index (χ1v) is 7.04. The van der Waals surface area contributed by atoms with Crippen LogP contribution in [0.25, 0.3) is 0 Å². The fraction of sp³-hybridized carbons (Fsp3) is 0.533. The third-order valence-electron chi connectivity index (χ3n) is 3.33. The standard InChI is InChI=1S/C15H22FN3O.HI/c1-3-17-15(18-8-9-20-2)19-14-10-12(14)11-6-4-5-7-13(11)16;/h4-7,12,14H,3,8-10H2,1-2H3,(H2,17,18,19);1H. The molecule has 0 amide bonds. The molecule has 2 atom stereocenters. The van der Waals surface area contributed by atoms with Crippen molar-refractivity contribution in [3.8, 4) is 0 Å². The number of aliphatic imine (C=N–C) groups is 1. The van der Waals surface area contributed by atoms with Crippen LogP contribution in [-0.4, -0.2) is 38.8 Å². The van der Waals surface area contributed by atoms with Crippen molar-refractivity contribution < 1.29 is 9.13 Å². The second-order valence-electron chi connectivity index (χ2n) is 4.87. The molecule has 0 heterocycles. The first kappa shape index (κ1) is 18.2. The molecule has 1 aliphatic carbocycles. The Hall–Kier alpha value is -0.890. The summed E-state index contributed by atoms with van der Waals surface area (Å²) in [5.74, 6) is 0.888. The van der Waals surface area contributed by atoms with Crippen LogP contribution < -0.4 is 10.6 Å². The Balaban J connectivity index is 0.00000220. The van der Waals surface area contributed by atoms with E-state index in [1.165, 1.54) is 6.07 Å². The van der Waals surface area contributed by atoms with E-state index in [1.807, 2.05) is 19.1 Å². The molecule has 1 fully saturated rings. The summed E-state index contributed by atoms with van der Waals surface area (Å²) in [5, 5.41) is 6.53. The number of nitrogens with one attached hydrogen (secondary N) is 2. The number of rotatable bonds is 6. The summed E-state index contributed by atoms with van der Waals surface area (Å²) in [4.78, 5) is 4.41. The van der Waals surface area contributed by atoms with Gasteiger partial charge in [-0.05, 0) is 25.0 Å². The molecule has 0 aromatic heterocycles. The largest absolute Gasteiger partial charge is 0.383 e. The van der Waals surface area contributed by atoms with Crippen molar-refractivity contribution in [2.45, 2.75) is 25.3 Å². The maximum Gasteiger partial charge on any atom is 0.191 e. The molecule has 1 aromatic carbocycles. The summed E-state index contributed by atoms with van der Waals surface area (Å²) >= 11 is 0. The van der Waals surface area contributed by atoms with Crippen molar-refractivity contribution in [1.82, 2.24) is 10.6 Å². The fourth-order valence-corrected chi connectivity index (χ4v) is 2.22. The van der Waals surface area contributed by atoms with Gasteiger partial charge in [-0.3, -0.25) is 4.99 Å². The molecule has 2 unspecified atom stereocenters. The van der Waals surface area contributed by atoms with Crippen molar-refractivity contribution in [1.29, 1.82) is 0 Å². The van der Waals surface area contributed by atoms with Crippen molar-refractivity contribution in [2.75, 3.05) is 26.8 Å². The summed E-state index contributed by atoms with van der Waals surface area (Å²) in [5.41, 5.74) is 0.790. The normalized spacial score (nSPS) is 20.6. The molecule has 1 saturated carbocycles. The lowest BCUT2D eigenvalue weighted by atomic mass is 10.1. The van der Waals surface area contributed by atoms with Gasteiger partial charge < -0.3 is 15.4 Å². The van der Waals surface area contributed by atoms with Crippen molar-refractivity contribution in [3.63, 3.8) is 0 Å². The maximum atomic E-state index is 13.7. The van der Waals surface area contributed by atoms with Gasteiger partial charge in [0, 0.05) is 25.6 Å². The lowest BCUT2D eigenvalue weighted by molar-refractivity contribution is 0.208. The Kier molecular flexibility index (Phi) is 7.95. The van der Waals surface area contributed by atoms with Crippen LogP contribution >= 0.6 is 24.0 Å². The van der Waals surface area contributed by atoms with Gasteiger partial charge in [0.2, 0.25) is 0 Å². The van der Waals surface area contributed by atoms with Crippen molar-refractivity contribution in [3.05, 3.63) is 35.6 Å². The molecule has 4 nitrogen and oxygen atoms in total. The first-order valence-electron chi connectivity index (χ1n) is 7.04. The van der Waals surface area contributed by atoms with Crippen LogP contribution in [0.3, 0.4) is 0 Å². The van der Waals surface area contributed by atoms with Gasteiger partial charge in [-0.2, -0.15) is 0 Å². The molecule has 0 spiro atoms. The third-order valence-corrected chi connectivity index (χ3v) is 3.33. The zero-order valence-electron chi connectivity index (χ0n) is 12.4. The summed E-state index contributed by atoms with van der Waals surface area (Å²) < 4.78 is 18.7. The Labute approximate surface area is 142 Å². The molecule has 1 aromatic rings. The predicted octanol–water partition coefficient (Wildman–Crippen LogP) is 2.50. The quantitative estimate of drug-likeness (QED) is 0.330. The lowest BCUT2D eigenvalue weighted by Gasteiger charge is -2.11. The highest BCUT2D eigenvalue weighted by Crippen LogP contribution is 2.41. The number of methoxy groups -OCH3 is 1. The van der Waals surface area contributed by atoms with Crippen LogP contribution in [0, 0.1) is 5.82 Å². The number of halogens is 2. The van der Waals surface area contributed by atoms with E-state index in [1.54, 1.807) is 13.2 Å². The van der Waals surface area contributed by atoms with Gasteiger partial charge >= 0.3 is 0 Å². The smallest absolute Gasteiger partial charge is 0.191 e. The summed E-state index contributed by atoms with van der Waals surface area (Å²) in [7, 11) is 1.66. The Morgan fingerprint density at radius 2 is 2.19 bits per heavy atom. The monoisotopic (exact) mass is 407 g/mol. The topological polar surface area (TPSA) is 45.7 Å². The minimum atomic E-state index is -0.122. The second-order valence-corrected chi connectivity index (χ2v) is 4.87. The van der Waals surface area contributed by atoms with Gasteiger partial charge in [0.15, 0.2) is 5.96 Å². The van der Waals surface area contributed by atoms with Crippen LogP contribution in [0.15, 0.2) is 29.3 Å². The molecule has 0 bridgehead atoms. The van der Waals surface area contributed by atoms with Gasteiger partial charge in [0.1, 0.15) is 5.82 Å². The van der Waals surface area contributed by atoms with Gasteiger partial charge in [-0.1, -0.05) is 18.2 Å². The molecule has 0 radical (unpaired) electrons. The molecule has 0 saturated heterocycles. The Morgan fingerprint density at radius 1 is 1.43 bits per heavy atom. The SMILES string of the molecule is CCNC(=NCCOC)NC1CC1c1ccccc1F.I. The highest BCUT2D eigenvalue weighted by Gasteiger charge is 2.40. The predicted molar refractivity (Wildman–Crippen MR) is 94.0 cm³/mol. The number of nitrogens with zero attached hydrogens (tertiary/aromatic N) is 1. The van der Waals surface area contributed by atoms with E-state index in [2.05, 4.69) is 15.6 Å². The summed E-state index contributed by atoms with van der Waals surface area (Å²) in [6.45, 7) is 4.03. The van der Waals surface area contributed by atoms with E-state index in [-0.39, 0.29) is 41.8 Å². The van der Waals surface area contributed by atoms with E-state index < -0.39 is 0 Å². The average Bonchev–Trinajstić information content (AvgIpc) is 3.19. The third kappa shape index (κ3) is 5.43. The molecule has 2 rings (SSSR count). The van der Waals surface area contributed by atoms with E-state index in [0.29, 0.717) is 13.2 Å². The van der Waals surface area contributed by atoms with Gasteiger partial charge in [-0.25, -0.2) is 4.39 Å². The average molecular weight is 407 g/mol. The molecule has 2 N–H and O–H groups in total. The zero-order valence-corrected chi connectivity index (χ0v) is 14.8. The Morgan fingerprint density at radius 3 is 2.86 bits per heavy atom. The maximum absolute atomic E-state index is 13.7. The number of guanidine groups is 1. The van der Waals surface area contributed by atoms with Crippen LogP contribution in [0.2, 0.25) is 0 Å². The van der Waals surface area contributed by atoms with Crippen LogP contribution in [-0.2, 0) is 4.74 Å². The van der Waals surface area contributed by atoms with Crippen molar-refractivity contribution >= 4 is 29.9 Å². The molecule has 21 heavy (non-hydrogen) atoms. The first-order chi connectivity index (χ1) is 9.76. The molecular formula is C15H23FIN3O. The number of ether oxygens (including phenoxy) is 1. The number of hydrogen-bond acceptors (Lipinski definition) is 2. The fourth-order valence-electron chi connectivity index (χ4n) is 2.22. The van der Waals surface area contributed by atoms with E-state index in [4.69, 9.17) is 4.74 Å². The highest BCUT2D eigenvalue weighted by atomic mass is 127. The summed E-state index contributed by atoms with van der Waals surface area (Å²) in [6, 6.07) is 7.23. The van der Waals surface area contributed by atoms with E-state index in [9.17, 15) is 4.39 Å². The highest BCUT2D eigenvalue weighted by molar-refractivity contribution is 14.0. The van der Waals surface area contributed by atoms with Gasteiger partial charge in [-0.15, -0.1) is 24.0 Å². The molecule has 1 aliphatic rings. The van der Waals surface area contributed by atoms with Gasteiger partial charge in [0.25, 0.3) is 0 Å². The number of benzene rings is 1. The van der Waals surface area contributed by atoms with Gasteiger partial charge in [0.05, 0.1) is 13.2 Å². The molecule has 118 valence electrons.